The molecule has 4 N–H and O–H groups in total. The number of carbonyl (C=O) groups is 1. The summed E-state index contributed by atoms with van der Waals surface area (Å²) in [5, 5.41) is 33.9. The van der Waals surface area contributed by atoms with Gasteiger partial charge in [-0.3, -0.25) is 0 Å². The van der Waals surface area contributed by atoms with Gasteiger partial charge in [0.1, 0.15) is 11.9 Å². The fraction of sp³-hybridized carbons (Fsp3) is 0.222. The number of hydrogen-bond acceptors (Lipinski definition) is 4. The van der Waals surface area contributed by atoms with Gasteiger partial charge in [0.15, 0.2) is 0 Å². The minimum atomic E-state index is -1.02. The van der Waals surface area contributed by atoms with Gasteiger partial charge in [0.25, 0.3) is 0 Å². The van der Waals surface area contributed by atoms with Crippen LogP contribution >= 0.6 is 0 Å². The van der Waals surface area contributed by atoms with E-state index in [4.69, 9.17) is 5.11 Å². The average molecular weight is 432 g/mol. The first-order chi connectivity index (χ1) is 15.3. The molecule has 0 aliphatic heterocycles. The highest BCUT2D eigenvalue weighted by Gasteiger charge is 2.14. The van der Waals surface area contributed by atoms with Crippen LogP contribution in [0.1, 0.15) is 64.5 Å². The van der Waals surface area contributed by atoms with Gasteiger partial charge in [0.05, 0.1) is 5.56 Å². The van der Waals surface area contributed by atoms with Crippen LogP contribution in [0.15, 0.2) is 67.2 Å². The maximum absolute atomic E-state index is 11.2. The maximum Gasteiger partial charge on any atom is 0.335 e. The number of aliphatic hydroxyl groups excluding tert-OH is 1. The van der Waals surface area contributed by atoms with Gasteiger partial charge in [0, 0.05) is 23.4 Å². The summed E-state index contributed by atoms with van der Waals surface area (Å²) < 4.78 is 0. The van der Waals surface area contributed by atoms with Crippen LogP contribution in [-0.2, 0) is 13.0 Å². The van der Waals surface area contributed by atoms with Crippen LogP contribution < -0.4 is 5.32 Å². The second kappa shape index (κ2) is 10.2. The van der Waals surface area contributed by atoms with Crippen LogP contribution in [0.4, 0.5) is 5.69 Å². The Hall–Kier alpha value is -3.57. The first-order valence-electron chi connectivity index (χ1n) is 10.7. The number of aromatic hydroxyl groups is 1. The van der Waals surface area contributed by atoms with Gasteiger partial charge < -0.3 is 20.6 Å². The van der Waals surface area contributed by atoms with Crippen LogP contribution in [0.3, 0.4) is 0 Å². The molecule has 0 spiro atoms. The van der Waals surface area contributed by atoms with Gasteiger partial charge in [-0.1, -0.05) is 56.3 Å². The van der Waals surface area contributed by atoms with Crippen molar-refractivity contribution < 1.29 is 20.1 Å². The zero-order valence-corrected chi connectivity index (χ0v) is 18.4. The van der Waals surface area contributed by atoms with E-state index in [0.717, 1.165) is 40.8 Å². The summed E-state index contributed by atoms with van der Waals surface area (Å²) in [7, 11) is 0. The van der Waals surface area contributed by atoms with Crippen molar-refractivity contribution in [1.29, 1.82) is 0 Å². The highest BCUT2D eigenvalue weighted by Crippen LogP contribution is 2.34. The maximum atomic E-state index is 11.2. The first-order valence-corrected chi connectivity index (χ1v) is 10.7. The summed E-state index contributed by atoms with van der Waals surface area (Å²) in [6.45, 7) is 8.46. The smallest absolute Gasteiger partial charge is 0.335 e. The Kier molecular flexibility index (Phi) is 7.33. The van der Waals surface area contributed by atoms with Gasteiger partial charge in [-0.05, 0) is 59.9 Å². The SMILES string of the molecule is C=C(C)c1ccc(NCc2ccc(C(O)c3cccc(C(=O)O)c3)cc2)c(CCC)c1O. The normalized spacial score (nSPS) is 11.7. The predicted molar refractivity (Wildman–Crippen MR) is 128 cm³/mol. The topological polar surface area (TPSA) is 89.8 Å². The highest BCUT2D eigenvalue weighted by atomic mass is 16.4. The lowest BCUT2D eigenvalue weighted by Crippen LogP contribution is -2.05. The molecule has 32 heavy (non-hydrogen) atoms. The molecule has 0 radical (unpaired) electrons. The molecule has 0 heterocycles. The van der Waals surface area contributed by atoms with Gasteiger partial charge in [-0.2, -0.15) is 0 Å². The Bertz CT molecular complexity index is 1120. The third-order valence-corrected chi connectivity index (χ3v) is 5.47. The molecule has 3 aromatic carbocycles. The summed E-state index contributed by atoms with van der Waals surface area (Å²) in [5.74, 6) is -0.739. The van der Waals surface area contributed by atoms with Crippen LogP contribution in [0.2, 0.25) is 0 Å². The lowest BCUT2D eigenvalue weighted by atomic mass is 9.98. The summed E-state index contributed by atoms with van der Waals surface area (Å²) >= 11 is 0. The van der Waals surface area contributed by atoms with Gasteiger partial charge in [0.2, 0.25) is 0 Å². The van der Waals surface area contributed by atoms with Gasteiger partial charge in [-0.25, -0.2) is 4.79 Å². The van der Waals surface area contributed by atoms with E-state index in [2.05, 4.69) is 18.8 Å². The van der Waals surface area contributed by atoms with Crippen molar-refractivity contribution in [1.82, 2.24) is 0 Å². The highest BCUT2D eigenvalue weighted by molar-refractivity contribution is 5.87. The predicted octanol–water partition coefficient (Wildman–Crippen LogP) is 5.77. The summed E-state index contributed by atoms with van der Waals surface area (Å²) in [6.07, 6.45) is 0.770. The molecule has 0 saturated heterocycles. The van der Waals surface area contributed by atoms with Crippen molar-refractivity contribution in [3.05, 3.63) is 101 Å². The van der Waals surface area contributed by atoms with Crippen LogP contribution in [-0.4, -0.2) is 21.3 Å². The fourth-order valence-electron chi connectivity index (χ4n) is 3.70. The van der Waals surface area contributed by atoms with Crippen LogP contribution in [0, 0.1) is 0 Å². The van der Waals surface area contributed by atoms with Crippen LogP contribution in [0.25, 0.3) is 5.57 Å². The number of carboxylic acid groups (broad SMARTS) is 1. The number of benzene rings is 3. The number of carboxylic acids is 1. The Morgan fingerprint density at radius 1 is 1.06 bits per heavy atom. The Morgan fingerprint density at radius 2 is 1.78 bits per heavy atom. The fourth-order valence-corrected chi connectivity index (χ4v) is 3.70. The van der Waals surface area contributed by atoms with Crippen molar-refractivity contribution >= 4 is 17.2 Å². The molecule has 0 aromatic heterocycles. The quantitative estimate of drug-likeness (QED) is 0.345. The molecule has 166 valence electrons. The Balaban J connectivity index is 1.74. The summed E-state index contributed by atoms with van der Waals surface area (Å²) in [6, 6.07) is 17.7. The number of aliphatic hydroxyl groups is 1. The molecule has 0 amide bonds. The third kappa shape index (κ3) is 5.18. The number of nitrogens with one attached hydrogen (secondary N) is 1. The first kappa shape index (κ1) is 23.1. The van der Waals surface area contributed by atoms with E-state index in [1.165, 1.54) is 12.1 Å². The average Bonchev–Trinajstić information content (AvgIpc) is 2.79. The zero-order chi connectivity index (χ0) is 23.3. The lowest BCUT2D eigenvalue weighted by molar-refractivity contribution is 0.0696. The molecule has 3 rings (SSSR count). The molecule has 5 nitrogen and oxygen atoms in total. The van der Waals surface area contributed by atoms with E-state index < -0.39 is 12.1 Å². The largest absolute Gasteiger partial charge is 0.507 e. The van der Waals surface area contributed by atoms with Crippen molar-refractivity contribution in [3.8, 4) is 5.75 Å². The number of aromatic carboxylic acids is 1. The number of anilines is 1. The molecule has 5 heteroatoms. The minimum Gasteiger partial charge on any atom is -0.507 e. The zero-order valence-electron chi connectivity index (χ0n) is 18.4. The van der Waals surface area contributed by atoms with E-state index in [-0.39, 0.29) is 11.3 Å². The van der Waals surface area contributed by atoms with Crippen molar-refractivity contribution in [2.45, 2.75) is 39.3 Å². The second-order valence-corrected chi connectivity index (χ2v) is 7.95. The molecule has 0 aliphatic carbocycles. The van der Waals surface area contributed by atoms with E-state index >= 15 is 0 Å². The van der Waals surface area contributed by atoms with Crippen molar-refractivity contribution in [3.63, 3.8) is 0 Å². The minimum absolute atomic E-state index is 0.145. The number of phenolic OH excluding ortho intramolecular Hbond substituents is 1. The monoisotopic (exact) mass is 431 g/mol. The van der Waals surface area contributed by atoms with E-state index in [1.54, 1.807) is 12.1 Å². The Labute approximate surface area is 188 Å². The number of rotatable bonds is 9. The molecule has 1 atom stereocenters. The third-order valence-electron chi connectivity index (χ3n) is 5.47. The van der Waals surface area contributed by atoms with E-state index in [0.29, 0.717) is 17.7 Å². The van der Waals surface area contributed by atoms with Crippen molar-refractivity contribution in [2.75, 3.05) is 5.32 Å². The van der Waals surface area contributed by atoms with E-state index in [1.807, 2.05) is 43.3 Å². The Morgan fingerprint density at radius 3 is 2.41 bits per heavy atom. The molecule has 3 aromatic rings. The lowest BCUT2D eigenvalue weighted by Gasteiger charge is -2.17. The molecule has 0 bridgehead atoms. The molecule has 1 unspecified atom stereocenters. The number of allylic oxidation sites excluding steroid dienone is 1. The molecular formula is C27H29NO4. The van der Waals surface area contributed by atoms with Crippen LogP contribution in [0.5, 0.6) is 5.75 Å². The molecular weight excluding hydrogens is 402 g/mol. The standard InChI is InChI=1S/C27H29NO4/c1-4-6-23-24(14-13-22(17(2)3)26(23)30)28-16-18-9-11-19(12-10-18)25(29)20-7-5-8-21(15-20)27(31)32/h5,7-15,25,28-30H,2,4,6,16H2,1,3H3,(H,31,32). The van der Waals surface area contributed by atoms with E-state index in [9.17, 15) is 15.0 Å². The number of hydrogen-bond donors (Lipinski definition) is 4. The molecule has 0 aliphatic rings. The summed E-state index contributed by atoms with van der Waals surface area (Å²) in [5.41, 5.74) is 5.76. The number of phenols is 1. The van der Waals surface area contributed by atoms with Crippen molar-refractivity contribution in [2.24, 2.45) is 0 Å². The van der Waals surface area contributed by atoms with Gasteiger partial charge >= 0.3 is 5.97 Å². The molecule has 0 saturated carbocycles. The molecule has 0 fully saturated rings. The second-order valence-electron chi connectivity index (χ2n) is 7.95. The summed E-state index contributed by atoms with van der Waals surface area (Å²) in [4.78, 5) is 11.2. The van der Waals surface area contributed by atoms with Gasteiger partial charge in [-0.15, -0.1) is 0 Å².